The van der Waals surface area contributed by atoms with Crippen molar-refractivity contribution < 1.29 is 13.9 Å². The second-order valence-corrected chi connectivity index (χ2v) is 7.16. The van der Waals surface area contributed by atoms with Crippen molar-refractivity contribution >= 4 is 21.8 Å². The van der Waals surface area contributed by atoms with Gasteiger partial charge >= 0.3 is 0 Å². The van der Waals surface area contributed by atoms with Crippen molar-refractivity contribution in [3.63, 3.8) is 0 Å². The lowest BCUT2D eigenvalue weighted by molar-refractivity contribution is -0.127. The van der Waals surface area contributed by atoms with Crippen LogP contribution in [-0.2, 0) is 11.2 Å². The molecule has 0 unspecified atom stereocenters. The molecular formula is C21H21BrFN3O2. The second kappa shape index (κ2) is 9.50. The van der Waals surface area contributed by atoms with E-state index in [0.29, 0.717) is 35.3 Å². The highest BCUT2D eigenvalue weighted by Crippen LogP contribution is 2.25. The molecule has 3 rings (SSSR count). The molecule has 1 aromatic heterocycles. The van der Waals surface area contributed by atoms with Gasteiger partial charge < -0.3 is 10.1 Å². The lowest BCUT2D eigenvalue weighted by Crippen LogP contribution is -2.37. The molecular weight excluding hydrogens is 425 g/mol. The molecule has 0 aliphatic carbocycles. The number of carbonyl (C=O) groups excluding carboxylic acids is 1. The number of para-hydroxylation sites is 1. The number of nitrogens with zero attached hydrogens (tertiary/aromatic N) is 2. The normalized spacial score (nSPS) is 11.8. The average Bonchev–Trinajstić information content (AvgIpc) is 3.07. The predicted molar refractivity (Wildman–Crippen MR) is 109 cm³/mol. The van der Waals surface area contributed by atoms with E-state index in [-0.39, 0.29) is 11.7 Å². The van der Waals surface area contributed by atoms with Gasteiger partial charge in [-0.25, -0.2) is 9.07 Å². The minimum atomic E-state index is -0.705. The molecule has 7 heteroatoms. The van der Waals surface area contributed by atoms with Crippen LogP contribution in [0.5, 0.6) is 5.88 Å². The molecule has 5 nitrogen and oxygen atoms in total. The van der Waals surface area contributed by atoms with E-state index in [1.807, 2.05) is 30.3 Å². The zero-order chi connectivity index (χ0) is 19.9. The first kappa shape index (κ1) is 20.1. The molecule has 28 heavy (non-hydrogen) atoms. The van der Waals surface area contributed by atoms with Crippen molar-refractivity contribution in [1.29, 1.82) is 0 Å². The molecule has 0 bridgehead atoms. The van der Waals surface area contributed by atoms with E-state index < -0.39 is 6.10 Å². The summed E-state index contributed by atoms with van der Waals surface area (Å²) in [5.74, 6) is -0.114. The van der Waals surface area contributed by atoms with Crippen molar-refractivity contribution in [1.82, 2.24) is 15.1 Å². The molecule has 1 amide bonds. The van der Waals surface area contributed by atoms with Crippen molar-refractivity contribution in [3.8, 4) is 11.6 Å². The first-order valence-electron chi connectivity index (χ1n) is 9.03. The largest absolute Gasteiger partial charge is 0.463 e. The fourth-order valence-corrected chi connectivity index (χ4v) is 3.05. The van der Waals surface area contributed by atoms with Gasteiger partial charge in [-0.05, 0) is 59.5 Å². The number of halogens is 2. The highest BCUT2D eigenvalue weighted by Gasteiger charge is 2.18. The molecule has 0 saturated heterocycles. The van der Waals surface area contributed by atoms with Crippen molar-refractivity contribution in [2.24, 2.45) is 0 Å². The van der Waals surface area contributed by atoms with E-state index in [0.717, 1.165) is 5.69 Å². The topological polar surface area (TPSA) is 56.2 Å². The molecule has 0 aliphatic heterocycles. The molecule has 0 spiro atoms. The quantitative estimate of drug-likeness (QED) is 0.526. The molecule has 1 atom stereocenters. The summed E-state index contributed by atoms with van der Waals surface area (Å²) in [5.41, 5.74) is 1.54. The van der Waals surface area contributed by atoms with Crippen LogP contribution in [0.1, 0.15) is 18.9 Å². The molecule has 3 aromatic rings. The lowest BCUT2D eigenvalue weighted by atomic mass is 10.1. The average molecular weight is 446 g/mol. The summed E-state index contributed by atoms with van der Waals surface area (Å²) in [6.07, 6.45) is 2.29. The number of nitrogens with one attached hydrogen (secondary N) is 1. The Balaban J connectivity index is 1.49. The lowest BCUT2D eigenvalue weighted by Gasteiger charge is -2.13. The van der Waals surface area contributed by atoms with E-state index in [1.54, 1.807) is 36.0 Å². The zero-order valence-electron chi connectivity index (χ0n) is 15.4. The minimum absolute atomic E-state index is 0.218. The number of aryl methyl sites for hydroxylation is 1. The summed E-state index contributed by atoms with van der Waals surface area (Å²) < 4.78 is 21.6. The van der Waals surface area contributed by atoms with Crippen LogP contribution >= 0.6 is 15.9 Å². The Bertz CT molecular complexity index is 930. The summed E-state index contributed by atoms with van der Waals surface area (Å²) in [6.45, 7) is 2.11. The molecule has 1 N–H and O–H groups in total. The van der Waals surface area contributed by atoms with Gasteiger partial charge in [0.05, 0.1) is 10.2 Å². The van der Waals surface area contributed by atoms with Crippen LogP contribution < -0.4 is 10.1 Å². The third-order valence-corrected chi connectivity index (χ3v) is 4.74. The number of benzene rings is 2. The van der Waals surface area contributed by atoms with Gasteiger partial charge in [0.1, 0.15) is 5.82 Å². The standard InChI is InChI=1S/C21H21BrFN3O2/c1-15(20(27)24-13-7-9-16-8-5-6-12-19(16)23)28-21-18(22)14-26(25-21)17-10-3-2-4-11-17/h2-6,8,10-12,14-15H,7,9,13H2,1H3,(H,24,27)/t15-/m1/s1. The van der Waals surface area contributed by atoms with E-state index in [9.17, 15) is 9.18 Å². The van der Waals surface area contributed by atoms with Crippen LogP contribution in [0.4, 0.5) is 4.39 Å². The van der Waals surface area contributed by atoms with Crippen LogP contribution in [0.15, 0.2) is 65.3 Å². The predicted octanol–water partition coefficient (Wildman–Crippen LogP) is 4.29. The number of hydrogen-bond acceptors (Lipinski definition) is 3. The van der Waals surface area contributed by atoms with Gasteiger partial charge in [0.25, 0.3) is 5.91 Å². The Hall–Kier alpha value is -2.67. The van der Waals surface area contributed by atoms with E-state index >= 15 is 0 Å². The van der Waals surface area contributed by atoms with Crippen molar-refractivity contribution in [2.45, 2.75) is 25.9 Å². The van der Waals surface area contributed by atoms with Crippen molar-refractivity contribution in [2.75, 3.05) is 6.54 Å². The molecule has 146 valence electrons. The Morgan fingerprint density at radius 3 is 2.68 bits per heavy atom. The zero-order valence-corrected chi connectivity index (χ0v) is 17.0. The van der Waals surface area contributed by atoms with Crippen molar-refractivity contribution in [3.05, 3.63) is 76.6 Å². The minimum Gasteiger partial charge on any atom is -0.463 e. The maximum absolute atomic E-state index is 13.6. The highest BCUT2D eigenvalue weighted by atomic mass is 79.9. The van der Waals surface area contributed by atoms with Gasteiger partial charge in [-0.2, -0.15) is 0 Å². The van der Waals surface area contributed by atoms with Crippen LogP contribution in [0.2, 0.25) is 0 Å². The van der Waals surface area contributed by atoms with Gasteiger partial charge in [0, 0.05) is 12.7 Å². The summed E-state index contributed by atoms with van der Waals surface area (Å²) >= 11 is 3.41. The van der Waals surface area contributed by atoms with Crippen LogP contribution in [0, 0.1) is 5.82 Å². The van der Waals surface area contributed by atoms with Crippen LogP contribution in [0.25, 0.3) is 5.69 Å². The van der Waals surface area contributed by atoms with Gasteiger partial charge in [-0.3, -0.25) is 4.79 Å². The number of aromatic nitrogens is 2. The summed E-state index contributed by atoms with van der Waals surface area (Å²) in [4.78, 5) is 12.3. The Kier molecular flexibility index (Phi) is 6.81. The van der Waals surface area contributed by atoms with Gasteiger partial charge in [-0.15, -0.1) is 5.10 Å². The fraction of sp³-hybridized carbons (Fsp3) is 0.238. The number of ether oxygens (including phenoxy) is 1. The molecule has 0 radical (unpaired) electrons. The number of carbonyl (C=O) groups is 1. The summed E-state index contributed by atoms with van der Waals surface area (Å²) in [5, 5.41) is 7.19. The Labute approximate surface area is 171 Å². The van der Waals surface area contributed by atoms with E-state index in [1.165, 1.54) is 6.07 Å². The van der Waals surface area contributed by atoms with E-state index in [2.05, 4.69) is 26.3 Å². The monoisotopic (exact) mass is 445 g/mol. The number of hydrogen-bond donors (Lipinski definition) is 1. The molecule has 0 saturated carbocycles. The van der Waals surface area contributed by atoms with E-state index in [4.69, 9.17) is 4.74 Å². The summed E-state index contributed by atoms with van der Waals surface area (Å²) in [6, 6.07) is 16.3. The first-order chi connectivity index (χ1) is 13.5. The fourth-order valence-electron chi connectivity index (χ4n) is 2.69. The third-order valence-electron chi connectivity index (χ3n) is 4.20. The van der Waals surface area contributed by atoms with Crippen LogP contribution in [0.3, 0.4) is 0 Å². The molecule has 0 fully saturated rings. The van der Waals surface area contributed by atoms with Gasteiger partial charge in [0.15, 0.2) is 6.10 Å². The number of amides is 1. The maximum atomic E-state index is 13.6. The highest BCUT2D eigenvalue weighted by molar-refractivity contribution is 9.10. The Morgan fingerprint density at radius 2 is 1.93 bits per heavy atom. The first-order valence-corrected chi connectivity index (χ1v) is 9.82. The summed E-state index contributed by atoms with van der Waals surface area (Å²) in [7, 11) is 0. The van der Waals surface area contributed by atoms with Crippen LogP contribution in [-0.4, -0.2) is 28.3 Å². The Morgan fingerprint density at radius 1 is 1.21 bits per heavy atom. The molecule has 1 heterocycles. The van der Waals surface area contributed by atoms with Gasteiger partial charge in [0.2, 0.25) is 5.88 Å². The SMILES string of the molecule is C[C@@H](Oc1nn(-c2ccccc2)cc1Br)C(=O)NCCCc1ccccc1F. The molecule has 0 aliphatic rings. The van der Waals surface area contributed by atoms with Gasteiger partial charge in [-0.1, -0.05) is 36.4 Å². The molecule has 2 aromatic carbocycles. The number of rotatable bonds is 8. The third kappa shape index (κ3) is 5.19. The maximum Gasteiger partial charge on any atom is 0.260 e. The second-order valence-electron chi connectivity index (χ2n) is 6.31. The smallest absolute Gasteiger partial charge is 0.260 e.